The van der Waals surface area contributed by atoms with Gasteiger partial charge in [-0.3, -0.25) is 0 Å². The third kappa shape index (κ3) is 1.83. The van der Waals surface area contributed by atoms with Gasteiger partial charge in [0, 0.05) is 5.69 Å². The monoisotopic (exact) mass is 292 g/mol. The van der Waals surface area contributed by atoms with E-state index in [9.17, 15) is 5.11 Å². The van der Waals surface area contributed by atoms with Crippen LogP contribution in [0.3, 0.4) is 0 Å². The molecule has 0 amide bonds. The average Bonchev–Trinajstić information content (AvgIpc) is 3.01. The number of hydrogen-bond acceptors (Lipinski definition) is 4. The molecule has 5 heteroatoms. The first kappa shape index (κ1) is 13.0. The van der Waals surface area contributed by atoms with Crippen LogP contribution in [0.25, 0.3) is 5.69 Å². The lowest BCUT2D eigenvalue weighted by atomic mass is 10.1. The number of aliphatic hydroxyl groups is 1. The average molecular weight is 292 g/mol. The van der Waals surface area contributed by atoms with Crippen molar-refractivity contribution in [3.63, 3.8) is 0 Å². The summed E-state index contributed by atoms with van der Waals surface area (Å²) in [6.07, 6.45) is 0. The van der Waals surface area contributed by atoms with Crippen molar-refractivity contribution in [1.82, 2.24) is 14.8 Å². The molecule has 0 radical (unpaired) electrons. The fraction of sp³-hybridized carbons (Fsp3) is 0.176. The van der Waals surface area contributed by atoms with Gasteiger partial charge < -0.3 is 10.0 Å². The highest BCUT2D eigenvalue weighted by Crippen LogP contribution is 2.42. The Hall–Kier alpha value is -2.66. The second-order valence-electron chi connectivity index (χ2n) is 5.33. The number of rotatable bonds is 2. The van der Waals surface area contributed by atoms with E-state index in [0.29, 0.717) is 5.82 Å². The molecule has 4 rings (SSSR count). The van der Waals surface area contributed by atoms with Crippen molar-refractivity contribution in [2.45, 2.75) is 19.6 Å². The number of anilines is 2. The van der Waals surface area contributed by atoms with Gasteiger partial charge in [0.1, 0.15) is 6.61 Å². The lowest BCUT2D eigenvalue weighted by molar-refractivity contribution is 0.271. The minimum Gasteiger partial charge on any atom is -0.388 e. The first-order valence-corrected chi connectivity index (χ1v) is 7.30. The van der Waals surface area contributed by atoms with Crippen LogP contribution in [0.5, 0.6) is 0 Å². The number of para-hydroxylation sites is 3. The van der Waals surface area contributed by atoms with E-state index in [1.54, 1.807) is 0 Å². The van der Waals surface area contributed by atoms with Gasteiger partial charge in [-0.2, -0.15) is 0 Å². The fourth-order valence-corrected chi connectivity index (χ4v) is 3.01. The predicted octanol–water partition coefficient (Wildman–Crippen LogP) is 2.97. The summed E-state index contributed by atoms with van der Waals surface area (Å²) in [7, 11) is 0. The van der Waals surface area contributed by atoms with Crippen LogP contribution >= 0.6 is 0 Å². The van der Waals surface area contributed by atoms with Gasteiger partial charge in [0.25, 0.3) is 0 Å². The van der Waals surface area contributed by atoms with Crippen LogP contribution in [-0.2, 0) is 6.61 Å². The number of aromatic nitrogens is 3. The smallest absolute Gasteiger partial charge is 0.176 e. The Balaban J connectivity index is 1.95. The Labute approximate surface area is 128 Å². The van der Waals surface area contributed by atoms with Crippen LogP contribution < -0.4 is 4.90 Å². The van der Waals surface area contributed by atoms with Crippen molar-refractivity contribution < 1.29 is 5.11 Å². The lowest BCUT2D eigenvalue weighted by Gasteiger charge is -2.36. The molecule has 0 saturated carbocycles. The molecule has 1 N–H and O–H groups in total. The van der Waals surface area contributed by atoms with Crippen LogP contribution in [0.4, 0.5) is 11.4 Å². The summed E-state index contributed by atoms with van der Waals surface area (Å²) in [6, 6.07) is 18.4. The lowest BCUT2D eigenvalue weighted by Crippen LogP contribution is -2.29. The number of aliphatic hydroxyl groups excluding tert-OH is 1. The predicted molar refractivity (Wildman–Crippen MR) is 84.3 cm³/mol. The third-order valence-electron chi connectivity index (χ3n) is 3.98. The highest BCUT2D eigenvalue weighted by atomic mass is 16.3. The van der Waals surface area contributed by atoms with Crippen LogP contribution in [-0.4, -0.2) is 19.9 Å². The molecule has 1 atom stereocenters. The zero-order valence-corrected chi connectivity index (χ0v) is 12.2. The van der Waals surface area contributed by atoms with Gasteiger partial charge in [-0.05, 0) is 31.2 Å². The molecular weight excluding hydrogens is 276 g/mol. The maximum absolute atomic E-state index is 9.35. The third-order valence-corrected chi connectivity index (χ3v) is 3.98. The molecular formula is C17H16N4O. The quantitative estimate of drug-likeness (QED) is 0.789. The van der Waals surface area contributed by atoms with Crippen molar-refractivity contribution >= 4 is 11.4 Å². The molecule has 22 heavy (non-hydrogen) atoms. The van der Waals surface area contributed by atoms with E-state index < -0.39 is 0 Å². The Morgan fingerprint density at radius 1 is 1.00 bits per heavy atom. The first-order chi connectivity index (χ1) is 10.8. The van der Waals surface area contributed by atoms with Crippen molar-refractivity contribution in [3.05, 3.63) is 66.2 Å². The van der Waals surface area contributed by atoms with Gasteiger partial charge in [-0.15, -0.1) is 5.10 Å². The summed E-state index contributed by atoms with van der Waals surface area (Å²) in [4.78, 5) is 6.74. The van der Waals surface area contributed by atoms with Crippen molar-refractivity contribution in [2.24, 2.45) is 0 Å². The Kier molecular flexibility index (Phi) is 2.94. The maximum Gasteiger partial charge on any atom is 0.176 e. The minimum absolute atomic E-state index is 0.0325. The van der Waals surface area contributed by atoms with E-state index in [1.807, 2.05) is 41.1 Å². The molecule has 0 fully saturated rings. The van der Waals surface area contributed by atoms with E-state index in [4.69, 9.17) is 0 Å². The fourth-order valence-electron chi connectivity index (χ4n) is 3.01. The SMILES string of the molecule is CC1c2nc(CO)nn2-c2ccccc2N1c1ccccc1. The van der Waals surface area contributed by atoms with Crippen LogP contribution in [0.15, 0.2) is 54.6 Å². The number of hydrogen-bond donors (Lipinski definition) is 1. The Morgan fingerprint density at radius 3 is 2.41 bits per heavy atom. The molecule has 1 aliphatic heterocycles. The molecule has 2 aromatic carbocycles. The van der Waals surface area contributed by atoms with Gasteiger partial charge in [-0.1, -0.05) is 30.3 Å². The highest BCUT2D eigenvalue weighted by molar-refractivity contribution is 5.74. The number of fused-ring (bicyclic) bond motifs is 3. The number of nitrogens with zero attached hydrogens (tertiary/aromatic N) is 4. The summed E-state index contributed by atoms with van der Waals surface area (Å²) in [5, 5.41) is 13.8. The summed E-state index contributed by atoms with van der Waals surface area (Å²) >= 11 is 0. The Morgan fingerprint density at radius 2 is 1.68 bits per heavy atom. The summed E-state index contributed by atoms with van der Waals surface area (Å²) in [5.74, 6) is 1.29. The molecule has 1 aliphatic rings. The van der Waals surface area contributed by atoms with Crippen molar-refractivity contribution in [2.75, 3.05) is 4.90 Å². The molecule has 110 valence electrons. The van der Waals surface area contributed by atoms with E-state index in [1.165, 1.54) is 0 Å². The molecule has 1 unspecified atom stereocenters. The second kappa shape index (κ2) is 4.96. The number of benzene rings is 2. The van der Waals surface area contributed by atoms with Crippen LogP contribution in [0.2, 0.25) is 0 Å². The zero-order chi connectivity index (χ0) is 15.1. The van der Waals surface area contributed by atoms with Gasteiger partial charge in [-0.25, -0.2) is 9.67 Å². The van der Waals surface area contributed by atoms with Gasteiger partial charge in [0.05, 0.1) is 17.4 Å². The molecule has 3 aromatic rings. The molecule has 0 spiro atoms. The van der Waals surface area contributed by atoms with E-state index in [0.717, 1.165) is 22.9 Å². The van der Waals surface area contributed by atoms with Gasteiger partial charge >= 0.3 is 0 Å². The summed E-state index contributed by atoms with van der Waals surface area (Å²) < 4.78 is 1.84. The highest BCUT2D eigenvalue weighted by Gasteiger charge is 2.31. The zero-order valence-electron chi connectivity index (χ0n) is 12.2. The molecule has 0 aliphatic carbocycles. The summed E-state index contributed by atoms with van der Waals surface area (Å²) in [6.45, 7) is 1.95. The maximum atomic E-state index is 9.35. The van der Waals surface area contributed by atoms with Crippen LogP contribution in [0.1, 0.15) is 24.6 Å². The molecule has 0 saturated heterocycles. The molecule has 5 nitrogen and oxygen atoms in total. The summed E-state index contributed by atoms with van der Waals surface area (Å²) in [5.41, 5.74) is 3.18. The van der Waals surface area contributed by atoms with Crippen LogP contribution in [0, 0.1) is 0 Å². The Bertz CT molecular complexity index is 813. The van der Waals surface area contributed by atoms with Crippen molar-refractivity contribution in [1.29, 1.82) is 0 Å². The standard InChI is InChI=1S/C17H16N4O/c1-12-17-18-16(11-22)19-21(17)15-10-6-5-9-14(15)20(12)13-7-3-2-4-8-13/h2-10,12,22H,11H2,1H3. The van der Waals surface area contributed by atoms with E-state index in [-0.39, 0.29) is 12.6 Å². The molecule has 2 heterocycles. The largest absolute Gasteiger partial charge is 0.388 e. The van der Waals surface area contributed by atoms with E-state index in [2.05, 4.69) is 40.1 Å². The molecule has 1 aromatic heterocycles. The normalized spacial score (nSPS) is 16.3. The topological polar surface area (TPSA) is 54.2 Å². The van der Waals surface area contributed by atoms with Crippen molar-refractivity contribution in [3.8, 4) is 5.69 Å². The first-order valence-electron chi connectivity index (χ1n) is 7.30. The second-order valence-corrected chi connectivity index (χ2v) is 5.33. The van der Waals surface area contributed by atoms with E-state index >= 15 is 0 Å². The minimum atomic E-state index is -0.153. The van der Waals surface area contributed by atoms with Gasteiger partial charge in [0.2, 0.25) is 0 Å². The van der Waals surface area contributed by atoms with Gasteiger partial charge in [0.15, 0.2) is 11.6 Å². The molecule has 0 bridgehead atoms.